The molecule has 0 aliphatic heterocycles. The predicted molar refractivity (Wildman–Crippen MR) is 81.0 cm³/mol. The molecule has 0 aliphatic carbocycles. The van der Waals surface area contributed by atoms with Gasteiger partial charge in [0.25, 0.3) is 5.91 Å². The van der Waals surface area contributed by atoms with Crippen molar-refractivity contribution in [2.45, 2.75) is 33.1 Å². The van der Waals surface area contributed by atoms with E-state index in [1.165, 1.54) is 5.56 Å². The van der Waals surface area contributed by atoms with E-state index in [2.05, 4.69) is 31.2 Å². The molecule has 106 valence electrons. The number of anilines is 1. The van der Waals surface area contributed by atoms with E-state index in [1.54, 1.807) is 17.8 Å². The molecule has 0 radical (unpaired) electrons. The number of carbonyl (C=O) groups excluding carboxylic acids is 1. The summed E-state index contributed by atoms with van der Waals surface area (Å²) < 4.78 is 1.59. The fraction of sp³-hybridized carbons (Fsp3) is 0.375. The van der Waals surface area contributed by atoms with Crippen LogP contribution in [0.15, 0.2) is 30.3 Å². The molecule has 4 heteroatoms. The first-order valence-electron chi connectivity index (χ1n) is 6.70. The van der Waals surface area contributed by atoms with E-state index in [1.807, 2.05) is 31.2 Å². The van der Waals surface area contributed by atoms with Gasteiger partial charge in [-0.15, -0.1) is 0 Å². The van der Waals surface area contributed by atoms with Crippen LogP contribution in [-0.2, 0) is 12.5 Å². The highest BCUT2D eigenvalue weighted by atomic mass is 16.2. The number of nitrogens with one attached hydrogen (secondary N) is 1. The SMILES string of the molecule is Cc1cc(C(=O)Nc2ccc(C(C)(C)C)cc2)n(C)n1. The molecule has 1 aromatic heterocycles. The lowest BCUT2D eigenvalue weighted by molar-refractivity contribution is 0.101. The Morgan fingerprint density at radius 2 is 1.80 bits per heavy atom. The molecular weight excluding hydrogens is 250 g/mol. The van der Waals surface area contributed by atoms with Crippen LogP contribution in [0.2, 0.25) is 0 Å². The van der Waals surface area contributed by atoms with Gasteiger partial charge in [0.1, 0.15) is 5.69 Å². The topological polar surface area (TPSA) is 46.9 Å². The molecule has 20 heavy (non-hydrogen) atoms. The molecule has 4 nitrogen and oxygen atoms in total. The summed E-state index contributed by atoms with van der Waals surface area (Å²) in [6.07, 6.45) is 0. The number of aromatic nitrogens is 2. The lowest BCUT2D eigenvalue weighted by Gasteiger charge is -2.19. The van der Waals surface area contributed by atoms with Gasteiger partial charge in [-0.3, -0.25) is 9.48 Å². The summed E-state index contributed by atoms with van der Waals surface area (Å²) in [6, 6.07) is 9.73. The highest BCUT2D eigenvalue weighted by Crippen LogP contribution is 2.23. The first kappa shape index (κ1) is 14.3. The molecule has 0 spiro atoms. The van der Waals surface area contributed by atoms with Crippen LogP contribution in [0.3, 0.4) is 0 Å². The normalized spacial score (nSPS) is 11.4. The molecule has 1 N–H and O–H groups in total. The Kier molecular flexibility index (Phi) is 3.66. The van der Waals surface area contributed by atoms with Crippen molar-refractivity contribution in [1.82, 2.24) is 9.78 Å². The first-order valence-corrected chi connectivity index (χ1v) is 6.70. The van der Waals surface area contributed by atoms with Gasteiger partial charge in [-0.2, -0.15) is 5.10 Å². The number of aryl methyl sites for hydroxylation is 2. The zero-order valence-corrected chi connectivity index (χ0v) is 12.7. The van der Waals surface area contributed by atoms with Gasteiger partial charge in [0, 0.05) is 12.7 Å². The summed E-state index contributed by atoms with van der Waals surface area (Å²) in [6.45, 7) is 8.37. The number of hydrogen-bond acceptors (Lipinski definition) is 2. The lowest BCUT2D eigenvalue weighted by Crippen LogP contribution is -2.16. The molecule has 1 aromatic carbocycles. The number of rotatable bonds is 2. The summed E-state index contributed by atoms with van der Waals surface area (Å²) in [4.78, 5) is 12.2. The van der Waals surface area contributed by atoms with Crippen molar-refractivity contribution in [3.8, 4) is 0 Å². The number of carbonyl (C=O) groups is 1. The van der Waals surface area contributed by atoms with Crippen LogP contribution in [0.4, 0.5) is 5.69 Å². The van der Waals surface area contributed by atoms with Gasteiger partial charge < -0.3 is 5.32 Å². The molecule has 0 aliphatic rings. The van der Waals surface area contributed by atoms with E-state index in [4.69, 9.17) is 0 Å². The molecule has 2 rings (SSSR count). The average Bonchev–Trinajstić information content (AvgIpc) is 2.68. The lowest BCUT2D eigenvalue weighted by atomic mass is 9.87. The van der Waals surface area contributed by atoms with Crippen LogP contribution in [-0.4, -0.2) is 15.7 Å². The van der Waals surface area contributed by atoms with E-state index in [-0.39, 0.29) is 11.3 Å². The molecule has 0 fully saturated rings. The van der Waals surface area contributed by atoms with Crippen molar-refractivity contribution >= 4 is 11.6 Å². The molecule has 0 bridgehead atoms. The summed E-state index contributed by atoms with van der Waals surface area (Å²) in [5, 5.41) is 7.07. The Hall–Kier alpha value is -2.10. The van der Waals surface area contributed by atoms with E-state index in [0.717, 1.165) is 11.4 Å². The third-order valence-corrected chi connectivity index (χ3v) is 3.24. The second kappa shape index (κ2) is 5.12. The summed E-state index contributed by atoms with van der Waals surface area (Å²) in [5.41, 5.74) is 3.54. The molecular formula is C16H21N3O. The van der Waals surface area contributed by atoms with Crippen LogP contribution in [0, 0.1) is 6.92 Å². The Labute approximate surface area is 119 Å². The highest BCUT2D eigenvalue weighted by Gasteiger charge is 2.14. The molecule has 0 saturated heterocycles. The van der Waals surface area contributed by atoms with Gasteiger partial charge in [-0.1, -0.05) is 32.9 Å². The van der Waals surface area contributed by atoms with Gasteiger partial charge >= 0.3 is 0 Å². The summed E-state index contributed by atoms with van der Waals surface area (Å²) >= 11 is 0. The maximum Gasteiger partial charge on any atom is 0.273 e. The van der Waals surface area contributed by atoms with Crippen LogP contribution in [0.1, 0.15) is 42.5 Å². The zero-order valence-electron chi connectivity index (χ0n) is 12.7. The van der Waals surface area contributed by atoms with E-state index in [9.17, 15) is 4.79 Å². The van der Waals surface area contributed by atoms with Crippen molar-refractivity contribution < 1.29 is 4.79 Å². The Bertz CT molecular complexity index is 618. The maximum atomic E-state index is 12.2. The van der Waals surface area contributed by atoms with Crippen LogP contribution < -0.4 is 5.32 Å². The predicted octanol–water partition coefficient (Wildman–Crippen LogP) is 3.28. The zero-order chi connectivity index (χ0) is 14.9. The third kappa shape index (κ3) is 3.07. The van der Waals surface area contributed by atoms with Crippen LogP contribution in [0.25, 0.3) is 0 Å². The van der Waals surface area contributed by atoms with Gasteiger partial charge in [-0.05, 0) is 36.1 Å². The smallest absolute Gasteiger partial charge is 0.273 e. The van der Waals surface area contributed by atoms with Gasteiger partial charge in [0.2, 0.25) is 0 Å². The number of benzene rings is 1. The average molecular weight is 271 g/mol. The van der Waals surface area contributed by atoms with Gasteiger partial charge in [0.15, 0.2) is 0 Å². The summed E-state index contributed by atoms with van der Waals surface area (Å²) in [7, 11) is 1.77. The second-order valence-electron chi connectivity index (χ2n) is 6.08. The van der Waals surface area contributed by atoms with E-state index >= 15 is 0 Å². The maximum absolute atomic E-state index is 12.2. The number of nitrogens with zero attached hydrogens (tertiary/aromatic N) is 2. The van der Waals surface area contributed by atoms with Gasteiger partial charge in [-0.25, -0.2) is 0 Å². The van der Waals surface area contributed by atoms with Crippen LogP contribution >= 0.6 is 0 Å². The Balaban J connectivity index is 2.14. The van der Waals surface area contributed by atoms with Crippen molar-refractivity contribution in [2.75, 3.05) is 5.32 Å². The van der Waals surface area contributed by atoms with Gasteiger partial charge in [0.05, 0.1) is 5.69 Å². The van der Waals surface area contributed by atoms with Crippen molar-refractivity contribution in [2.24, 2.45) is 7.05 Å². The molecule has 2 aromatic rings. The van der Waals surface area contributed by atoms with E-state index < -0.39 is 0 Å². The minimum absolute atomic E-state index is 0.113. The third-order valence-electron chi connectivity index (χ3n) is 3.24. The number of amides is 1. The standard InChI is InChI=1S/C16H21N3O/c1-11-10-14(19(5)18-11)15(20)17-13-8-6-12(7-9-13)16(2,3)4/h6-10H,1-5H3,(H,17,20). The fourth-order valence-corrected chi connectivity index (χ4v) is 2.07. The van der Waals surface area contributed by atoms with E-state index in [0.29, 0.717) is 5.69 Å². The Morgan fingerprint density at radius 3 is 2.25 bits per heavy atom. The largest absolute Gasteiger partial charge is 0.321 e. The molecule has 0 unspecified atom stereocenters. The molecule has 1 heterocycles. The van der Waals surface area contributed by atoms with Crippen molar-refractivity contribution in [3.63, 3.8) is 0 Å². The highest BCUT2D eigenvalue weighted by molar-refractivity contribution is 6.03. The molecule has 1 amide bonds. The van der Waals surface area contributed by atoms with Crippen molar-refractivity contribution in [1.29, 1.82) is 0 Å². The monoisotopic (exact) mass is 271 g/mol. The Morgan fingerprint density at radius 1 is 1.20 bits per heavy atom. The van der Waals surface area contributed by atoms with Crippen molar-refractivity contribution in [3.05, 3.63) is 47.3 Å². The minimum atomic E-state index is -0.142. The summed E-state index contributed by atoms with van der Waals surface area (Å²) in [5.74, 6) is -0.142. The number of hydrogen-bond donors (Lipinski definition) is 1. The van der Waals surface area contributed by atoms with Crippen LogP contribution in [0.5, 0.6) is 0 Å². The second-order valence-corrected chi connectivity index (χ2v) is 6.08. The first-order chi connectivity index (χ1) is 9.27. The molecule has 0 atom stereocenters. The fourth-order valence-electron chi connectivity index (χ4n) is 2.07. The molecule has 0 saturated carbocycles. The quantitative estimate of drug-likeness (QED) is 0.911. The minimum Gasteiger partial charge on any atom is -0.321 e.